The number of nitrogens with zero attached hydrogens (tertiary/aromatic N) is 2. The summed E-state index contributed by atoms with van der Waals surface area (Å²) in [4.78, 5) is 9.12. The quantitative estimate of drug-likeness (QED) is 0.698. The summed E-state index contributed by atoms with van der Waals surface area (Å²) < 4.78 is 0. The topological polar surface area (TPSA) is 25.8 Å². The van der Waals surface area contributed by atoms with E-state index in [0.717, 1.165) is 34.6 Å². The molecule has 2 heterocycles. The van der Waals surface area contributed by atoms with Crippen molar-refractivity contribution in [2.24, 2.45) is 0 Å². The summed E-state index contributed by atoms with van der Waals surface area (Å²) in [7, 11) is 0. The number of aryl methyl sites for hydroxylation is 1. The molecule has 2 nitrogen and oxygen atoms in total. The second-order valence-electron chi connectivity index (χ2n) is 4.66. The van der Waals surface area contributed by atoms with E-state index in [2.05, 4.69) is 47.2 Å². The molecule has 0 aliphatic carbocycles. The highest BCUT2D eigenvalue weighted by Crippen LogP contribution is 2.23. The fraction of sp³-hybridized carbons (Fsp3) is 0.111. The summed E-state index contributed by atoms with van der Waals surface area (Å²) in [6, 6.07) is 20.5. The Kier molecular flexibility index (Phi) is 3.55. The highest BCUT2D eigenvalue weighted by molar-refractivity contribution is 5.68. The zero-order valence-electron chi connectivity index (χ0n) is 11.5. The van der Waals surface area contributed by atoms with Crippen molar-refractivity contribution in [1.82, 2.24) is 9.97 Å². The molecule has 2 heteroatoms. The lowest BCUT2D eigenvalue weighted by Crippen LogP contribution is -1.91. The average Bonchev–Trinajstić information content (AvgIpc) is 2.56. The predicted molar refractivity (Wildman–Crippen MR) is 82.3 cm³/mol. The van der Waals surface area contributed by atoms with Gasteiger partial charge < -0.3 is 0 Å². The van der Waals surface area contributed by atoms with Crippen molar-refractivity contribution >= 4 is 0 Å². The van der Waals surface area contributed by atoms with E-state index < -0.39 is 0 Å². The second kappa shape index (κ2) is 5.66. The zero-order valence-corrected chi connectivity index (χ0v) is 11.5. The van der Waals surface area contributed by atoms with Crippen molar-refractivity contribution in [3.63, 3.8) is 0 Å². The molecule has 0 amide bonds. The number of aromatic nitrogens is 2. The van der Waals surface area contributed by atoms with Crippen molar-refractivity contribution in [1.29, 1.82) is 0 Å². The van der Waals surface area contributed by atoms with E-state index >= 15 is 0 Å². The Hall–Kier alpha value is -2.48. The molecule has 0 spiro atoms. The van der Waals surface area contributed by atoms with Gasteiger partial charge in [-0.25, -0.2) is 0 Å². The predicted octanol–water partition coefficient (Wildman–Crippen LogP) is 4.37. The maximum atomic E-state index is 4.67. The van der Waals surface area contributed by atoms with E-state index in [1.54, 1.807) is 0 Å². The third-order valence-electron chi connectivity index (χ3n) is 3.29. The third-order valence-corrected chi connectivity index (χ3v) is 3.29. The van der Waals surface area contributed by atoms with Crippen molar-refractivity contribution in [3.05, 3.63) is 72.6 Å². The molecule has 0 radical (unpaired) electrons. The standard InChI is InChI=1S/C18H16N2/c1-2-16-9-6-10-17(20-16)15-11-12-19-18(13-15)14-7-4-3-5-8-14/h3-13H,2H2,1H3. The first-order valence-electron chi connectivity index (χ1n) is 6.84. The van der Waals surface area contributed by atoms with Gasteiger partial charge in [0.25, 0.3) is 0 Å². The largest absolute Gasteiger partial charge is 0.256 e. The molecule has 0 atom stereocenters. The number of pyridine rings is 2. The molecular formula is C18H16N2. The first kappa shape index (κ1) is 12.5. The van der Waals surface area contributed by atoms with Crippen LogP contribution in [-0.4, -0.2) is 9.97 Å². The smallest absolute Gasteiger partial charge is 0.0708 e. The van der Waals surface area contributed by atoms with Gasteiger partial charge in [0.2, 0.25) is 0 Å². The van der Waals surface area contributed by atoms with Gasteiger partial charge >= 0.3 is 0 Å². The minimum Gasteiger partial charge on any atom is -0.256 e. The lowest BCUT2D eigenvalue weighted by atomic mass is 10.1. The number of hydrogen-bond donors (Lipinski definition) is 0. The monoisotopic (exact) mass is 260 g/mol. The van der Waals surface area contributed by atoms with Crippen LogP contribution in [0.5, 0.6) is 0 Å². The molecule has 3 aromatic rings. The van der Waals surface area contributed by atoms with Gasteiger partial charge in [-0.05, 0) is 30.7 Å². The molecular weight excluding hydrogens is 244 g/mol. The number of benzene rings is 1. The molecule has 0 unspecified atom stereocenters. The zero-order chi connectivity index (χ0) is 13.8. The van der Waals surface area contributed by atoms with E-state index in [0.29, 0.717) is 0 Å². The van der Waals surface area contributed by atoms with Crippen LogP contribution in [0.1, 0.15) is 12.6 Å². The van der Waals surface area contributed by atoms with Gasteiger partial charge in [-0.3, -0.25) is 9.97 Å². The van der Waals surface area contributed by atoms with Gasteiger partial charge in [0, 0.05) is 23.0 Å². The molecule has 0 saturated carbocycles. The molecule has 0 saturated heterocycles. The van der Waals surface area contributed by atoms with Crippen LogP contribution >= 0.6 is 0 Å². The molecule has 0 aliphatic heterocycles. The minimum atomic E-state index is 0.949. The summed E-state index contributed by atoms with van der Waals surface area (Å²) in [5.41, 5.74) is 5.33. The van der Waals surface area contributed by atoms with Crippen LogP contribution in [0.4, 0.5) is 0 Å². The first-order chi connectivity index (χ1) is 9.86. The van der Waals surface area contributed by atoms with E-state index in [4.69, 9.17) is 0 Å². The van der Waals surface area contributed by atoms with E-state index in [-0.39, 0.29) is 0 Å². The first-order valence-corrected chi connectivity index (χ1v) is 6.84. The molecule has 2 aromatic heterocycles. The Labute approximate surface area is 119 Å². The molecule has 20 heavy (non-hydrogen) atoms. The highest BCUT2D eigenvalue weighted by Gasteiger charge is 2.04. The molecule has 1 aromatic carbocycles. The number of rotatable bonds is 3. The van der Waals surface area contributed by atoms with E-state index in [9.17, 15) is 0 Å². The van der Waals surface area contributed by atoms with Gasteiger partial charge in [0.15, 0.2) is 0 Å². The van der Waals surface area contributed by atoms with Crippen LogP contribution in [0, 0.1) is 0 Å². The van der Waals surface area contributed by atoms with Crippen LogP contribution in [0.3, 0.4) is 0 Å². The lowest BCUT2D eigenvalue weighted by Gasteiger charge is -2.06. The van der Waals surface area contributed by atoms with Crippen LogP contribution in [0.2, 0.25) is 0 Å². The van der Waals surface area contributed by atoms with E-state index in [1.807, 2.05) is 36.5 Å². The normalized spacial score (nSPS) is 10.4. The van der Waals surface area contributed by atoms with Crippen LogP contribution < -0.4 is 0 Å². The Bertz CT molecular complexity index is 705. The molecule has 0 bridgehead atoms. The Balaban J connectivity index is 2.03. The summed E-state index contributed by atoms with van der Waals surface area (Å²) >= 11 is 0. The van der Waals surface area contributed by atoms with Gasteiger partial charge in [0.1, 0.15) is 0 Å². The molecule has 3 rings (SSSR count). The average molecular weight is 260 g/mol. The lowest BCUT2D eigenvalue weighted by molar-refractivity contribution is 1.04. The van der Waals surface area contributed by atoms with E-state index in [1.165, 1.54) is 0 Å². The molecule has 0 N–H and O–H groups in total. The Morgan fingerprint density at radius 3 is 2.45 bits per heavy atom. The van der Waals surface area contributed by atoms with Gasteiger partial charge in [-0.1, -0.05) is 43.3 Å². The molecule has 0 fully saturated rings. The fourth-order valence-electron chi connectivity index (χ4n) is 2.19. The molecule has 0 aliphatic rings. The minimum absolute atomic E-state index is 0.949. The summed E-state index contributed by atoms with van der Waals surface area (Å²) in [5, 5.41) is 0. The second-order valence-corrected chi connectivity index (χ2v) is 4.66. The third kappa shape index (κ3) is 2.59. The van der Waals surface area contributed by atoms with Crippen LogP contribution in [0.25, 0.3) is 22.5 Å². The maximum absolute atomic E-state index is 4.67. The maximum Gasteiger partial charge on any atom is 0.0708 e. The fourth-order valence-corrected chi connectivity index (χ4v) is 2.19. The SMILES string of the molecule is CCc1cccc(-c2ccnc(-c3ccccc3)c2)n1. The van der Waals surface area contributed by atoms with Crippen molar-refractivity contribution in [2.45, 2.75) is 13.3 Å². The Morgan fingerprint density at radius 2 is 1.65 bits per heavy atom. The van der Waals surface area contributed by atoms with Crippen LogP contribution in [-0.2, 0) is 6.42 Å². The summed E-state index contributed by atoms with van der Waals surface area (Å²) in [5.74, 6) is 0. The van der Waals surface area contributed by atoms with Crippen LogP contribution in [0.15, 0.2) is 66.9 Å². The van der Waals surface area contributed by atoms with Crippen molar-refractivity contribution < 1.29 is 0 Å². The van der Waals surface area contributed by atoms with Gasteiger partial charge in [0.05, 0.1) is 11.4 Å². The summed E-state index contributed by atoms with van der Waals surface area (Å²) in [6.45, 7) is 2.12. The van der Waals surface area contributed by atoms with Gasteiger partial charge in [-0.2, -0.15) is 0 Å². The van der Waals surface area contributed by atoms with Crippen molar-refractivity contribution in [3.8, 4) is 22.5 Å². The van der Waals surface area contributed by atoms with Crippen molar-refractivity contribution in [2.75, 3.05) is 0 Å². The molecule has 98 valence electrons. The van der Waals surface area contributed by atoms with Gasteiger partial charge in [-0.15, -0.1) is 0 Å². The summed E-state index contributed by atoms with van der Waals surface area (Å²) in [6.07, 6.45) is 2.79. The highest BCUT2D eigenvalue weighted by atomic mass is 14.7. The Morgan fingerprint density at radius 1 is 0.800 bits per heavy atom. The number of hydrogen-bond acceptors (Lipinski definition) is 2.